The molecule has 0 fully saturated rings. The predicted molar refractivity (Wildman–Crippen MR) is 65.8 cm³/mol. The van der Waals surface area contributed by atoms with Crippen molar-refractivity contribution in [3.05, 3.63) is 54.2 Å². The minimum Gasteiger partial charge on any atom is -0.478 e. The van der Waals surface area contributed by atoms with Gasteiger partial charge in [0.1, 0.15) is 5.82 Å². The van der Waals surface area contributed by atoms with Crippen LogP contribution in [0.15, 0.2) is 42.9 Å². The lowest BCUT2D eigenvalue weighted by atomic mass is 10.1. The molecule has 0 spiro atoms. The van der Waals surface area contributed by atoms with Crippen molar-refractivity contribution >= 4 is 16.9 Å². The van der Waals surface area contributed by atoms with Gasteiger partial charge in [0.25, 0.3) is 0 Å². The highest BCUT2D eigenvalue weighted by Gasteiger charge is 2.14. The topological polar surface area (TPSA) is 68.0 Å². The first kappa shape index (κ1) is 11.3. The Kier molecular flexibility index (Phi) is 2.49. The average Bonchev–Trinajstić information content (AvgIpc) is 2.81. The molecule has 0 aliphatic heterocycles. The van der Waals surface area contributed by atoms with Crippen molar-refractivity contribution in [1.29, 1.82) is 0 Å². The molecule has 2 heterocycles. The number of carboxylic acid groups (broad SMARTS) is 1. The molecule has 3 rings (SSSR count). The Morgan fingerprint density at radius 3 is 2.68 bits per heavy atom. The van der Waals surface area contributed by atoms with Gasteiger partial charge in [-0.3, -0.25) is 4.98 Å². The molecule has 2 aromatic heterocycles. The van der Waals surface area contributed by atoms with Crippen molar-refractivity contribution in [2.24, 2.45) is 0 Å². The summed E-state index contributed by atoms with van der Waals surface area (Å²) in [5, 5.41) is 13.6. The van der Waals surface area contributed by atoms with E-state index in [-0.39, 0.29) is 5.56 Å². The molecule has 0 saturated heterocycles. The van der Waals surface area contributed by atoms with Crippen LogP contribution < -0.4 is 0 Å². The van der Waals surface area contributed by atoms with Gasteiger partial charge in [-0.1, -0.05) is 0 Å². The van der Waals surface area contributed by atoms with Crippen LogP contribution >= 0.6 is 0 Å². The first-order valence-corrected chi connectivity index (χ1v) is 5.48. The van der Waals surface area contributed by atoms with Crippen LogP contribution in [0.2, 0.25) is 0 Å². The highest BCUT2D eigenvalue weighted by molar-refractivity contribution is 5.94. The Labute approximate surface area is 106 Å². The average molecular weight is 257 g/mol. The van der Waals surface area contributed by atoms with Crippen LogP contribution in [0.5, 0.6) is 0 Å². The minimum atomic E-state index is -1.30. The lowest BCUT2D eigenvalue weighted by molar-refractivity contribution is 0.0692. The van der Waals surface area contributed by atoms with Crippen molar-refractivity contribution in [3.63, 3.8) is 0 Å². The zero-order valence-electron chi connectivity index (χ0n) is 9.62. The van der Waals surface area contributed by atoms with E-state index in [0.29, 0.717) is 10.9 Å². The lowest BCUT2D eigenvalue weighted by Crippen LogP contribution is -2.01. The molecular weight excluding hydrogens is 249 g/mol. The van der Waals surface area contributed by atoms with Gasteiger partial charge < -0.3 is 5.11 Å². The van der Waals surface area contributed by atoms with Crippen LogP contribution in [0, 0.1) is 5.82 Å². The van der Waals surface area contributed by atoms with Gasteiger partial charge in [-0.05, 0) is 18.2 Å². The first-order chi connectivity index (χ1) is 9.16. The van der Waals surface area contributed by atoms with E-state index in [0.717, 1.165) is 5.69 Å². The van der Waals surface area contributed by atoms with Crippen LogP contribution in [-0.4, -0.2) is 25.8 Å². The highest BCUT2D eigenvalue weighted by atomic mass is 19.1. The maximum absolute atomic E-state index is 13.7. The van der Waals surface area contributed by atoms with Gasteiger partial charge in [0.15, 0.2) is 0 Å². The second-order valence-corrected chi connectivity index (χ2v) is 3.96. The predicted octanol–water partition coefficient (Wildman–Crippen LogP) is 2.26. The number of pyridine rings is 1. The number of carbonyl (C=O) groups is 1. The SMILES string of the molecule is O=C(O)c1cc2cnn(-c3ccncc3)c2cc1F. The van der Waals surface area contributed by atoms with E-state index in [1.54, 1.807) is 24.5 Å². The van der Waals surface area contributed by atoms with Crippen molar-refractivity contribution in [2.45, 2.75) is 0 Å². The molecule has 6 heteroatoms. The first-order valence-electron chi connectivity index (χ1n) is 5.48. The Morgan fingerprint density at radius 2 is 2.00 bits per heavy atom. The normalized spacial score (nSPS) is 10.8. The van der Waals surface area contributed by atoms with E-state index in [1.165, 1.54) is 23.0 Å². The summed E-state index contributed by atoms with van der Waals surface area (Å²) in [6.45, 7) is 0. The lowest BCUT2D eigenvalue weighted by Gasteiger charge is -2.03. The van der Waals surface area contributed by atoms with E-state index in [1.807, 2.05) is 0 Å². The fraction of sp³-hybridized carbons (Fsp3) is 0. The monoisotopic (exact) mass is 257 g/mol. The molecular formula is C13H8FN3O2. The molecule has 94 valence electrons. The third-order valence-electron chi connectivity index (χ3n) is 2.79. The Balaban J connectivity index is 2.25. The van der Waals surface area contributed by atoms with E-state index in [2.05, 4.69) is 10.1 Å². The van der Waals surface area contributed by atoms with Gasteiger partial charge in [0.05, 0.1) is 23.0 Å². The van der Waals surface area contributed by atoms with Crippen molar-refractivity contribution in [3.8, 4) is 5.69 Å². The molecule has 0 bridgehead atoms. The fourth-order valence-electron chi connectivity index (χ4n) is 1.90. The number of fused-ring (bicyclic) bond motifs is 1. The summed E-state index contributed by atoms with van der Waals surface area (Å²) in [4.78, 5) is 14.8. The van der Waals surface area contributed by atoms with Crippen molar-refractivity contribution in [1.82, 2.24) is 14.8 Å². The zero-order valence-corrected chi connectivity index (χ0v) is 9.62. The van der Waals surface area contributed by atoms with Crippen molar-refractivity contribution in [2.75, 3.05) is 0 Å². The molecule has 0 atom stereocenters. The Morgan fingerprint density at radius 1 is 1.26 bits per heavy atom. The zero-order chi connectivity index (χ0) is 13.4. The van der Waals surface area contributed by atoms with Gasteiger partial charge in [0.2, 0.25) is 0 Å². The van der Waals surface area contributed by atoms with Crippen LogP contribution in [0.3, 0.4) is 0 Å². The second kappa shape index (κ2) is 4.16. The largest absolute Gasteiger partial charge is 0.478 e. The molecule has 0 saturated carbocycles. The maximum Gasteiger partial charge on any atom is 0.338 e. The van der Waals surface area contributed by atoms with Gasteiger partial charge >= 0.3 is 5.97 Å². The minimum absolute atomic E-state index is 0.359. The second-order valence-electron chi connectivity index (χ2n) is 3.96. The number of aromatic carboxylic acids is 1. The summed E-state index contributed by atoms with van der Waals surface area (Å²) in [5.74, 6) is -2.08. The number of carboxylic acids is 1. The quantitative estimate of drug-likeness (QED) is 0.764. The smallest absolute Gasteiger partial charge is 0.338 e. The third-order valence-corrected chi connectivity index (χ3v) is 2.79. The summed E-state index contributed by atoms with van der Waals surface area (Å²) in [6.07, 6.45) is 4.71. The Bertz CT molecular complexity index is 768. The summed E-state index contributed by atoms with van der Waals surface area (Å²) in [6, 6.07) is 5.91. The number of nitrogens with zero attached hydrogens (tertiary/aromatic N) is 3. The highest BCUT2D eigenvalue weighted by Crippen LogP contribution is 2.21. The van der Waals surface area contributed by atoms with Gasteiger partial charge in [-0.2, -0.15) is 5.10 Å². The Hall–Kier alpha value is -2.76. The van der Waals surface area contributed by atoms with Crippen molar-refractivity contribution < 1.29 is 14.3 Å². The molecule has 1 aromatic carbocycles. The molecule has 0 aliphatic carbocycles. The van der Waals surface area contributed by atoms with Crippen LogP contribution in [0.4, 0.5) is 4.39 Å². The van der Waals surface area contributed by atoms with E-state index in [9.17, 15) is 9.18 Å². The number of hydrogen-bond donors (Lipinski definition) is 1. The number of hydrogen-bond acceptors (Lipinski definition) is 3. The number of halogens is 1. The summed E-state index contributed by atoms with van der Waals surface area (Å²) in [5.41, 5.74) is 0.878. The number of rotatable bonds is 2. The van der Waals surface area contributed by atoms with E-state index < -0.39 is 11.8 Å². The number of benzene rings is 1. The van der Waals surface area contributed by atoms with Gasteiger partial charge in [-0.25, -0.2) is 13.9 Å². The molecule has 0 unspecified atom stereocenters. The molecule has 5 nitrogen and oxygen atoms in total. The van der Waals surface area contributed by atoms with Crippen LogP contribution in [0.1, 0.15) is 10.4 Å². The standard InChI is InChI=1S/C13H8FN3O2/c14-11-6-12-8(5-10(11)13(18)19)7-16-17(12)9-1-3-15-4-2-9/h1-7H,(H,18,19). The molecule has 19 heavy (non-hydrogen) atoms. The summed E-state index contributed by atoms with van der Waals surface area (Å²) in [7, 11) is 0. The van der Waals surface area contributed by atoms with Crippen LogP contribution in [0.25, 0.3) is 16.6 Å². The molecule has 0 radical (unpaired) electrons. The summed E-state index contributed by atoms with van der Waals surface area (Å²) >= 11 is 0. The third kappa shape index (κ3) is 1.83. The molecule has 1 N–H and O–H groups in total. The van der Waals surface area contributed by atoms with E-state index in [4.69, 9.17) is 5.11 Å². The van der Waals surface area contributed by atoms with E-state index >= 15 is 0 Å². The summed E-state index contributed by atoms with van der Waals surface area (Å²) < 4.78 is 15.2. The molecule has 3 aromatic rings. The number of aromatic nitrogens is 3. The molecule has 0 aliphatic rings. The van der Waals surface area contributed by atoms with Gasteiger partial charge in [0, 0.05) is 23.8 Å². The molecule has 0 amide bonds. The van der Waals surface area contributed by atoms with Crippen LogP contribution in [-0.2, 0) is 0 Å². The maximum atomic E-state index is 13.7. The fourth-order valence-corrected chi connectivity index (χ4v) is 1.90. The van der Waals surface area contributed by atoms with Gasteiger partial charge in [-0.15, -0.1) is 0 Å².